The number of para-hydroxylation sites is 1. The number of hydrazine groups is 1. The number of aromatic amines is 1. The maximum atomic E-state index is 12.5. The highest BCUT2D eigenvalue weighted by atomic mass is 16.2. The standard InChI is InChI=1S/C20H20N4O2/c1-12-18-15(14-9-5-6-10-16(14)22-18)11-17(21-12)20(26)24-23-19(25)13-7-3-2-4-8-13/h2-10,12,17,21-22H,11H2,1H3,(H,23,25)(H,24,26)/t12-,17-/m0/s1. The molecule has 0 aliphatic carbocycles. The van der Waals surface area contributed by atoms with Crippen molar-refractivity contribution in [3.8, 4) is 0 Å². The van der Waals surface area contributed by atoms with Gasteiger partial charge < -0.3 is 4.98 Å². The van der Waals surface area contributed by atoms with Crippen LogP contribution in [0.3, 0.4) is 0 Å². The van der Waals surface area contributed by atoms with E-state index in [4.69, 9.17) is 0 Å². The number of fused-ring (bicyclic) bond motifs is 3. The van der Waals surface area contributed by atoms with Crippen molar-refractivity contribution in [3.05, 3.63) is 71.4 Å². The number of nitrogens with one attached hydrogen (secondary N) is 4. The molecular formula is C20H20N4O2. The molecule has 4 rings (SSSR count). The average molecular weight is 348 g/mol. The van der Waals surface area contributed by atoms with Crippen molar-refractivity contribution < 1.29 is 9.59 Å². The number of carbonyl (C=O) groups is 2. The molecule has 2 heterocycles. The topological polar surface area (TPSA) is 86.0 Å². The summed E-state index contributed by atoms with van der Waals surface area (Å²) in [6.07, 6.45) is 0.566. The molecule has 2 atom stereocenters. The first-order valence-corrected chi connectivity index (χ1v) is 8.64. The predicted molar refractivity (Wildman–Crippen MR) is 99.4 cm³/mol. The number of aromatic nitrogens is 1. The molecule has 0 fully saturated rings. The van der Waals surface area contributed by atoms with E-state index in [2.05, 4.69) is 27.2 Å². The minimum Gasteiger partial charge on any atom is -0.357 e. The van der Waals surface area contributed by atoms with Crippen LogP contribution in [0.1, 0.15) is 34.6 Å². The number of rotatable bonds is 2. The molecule has 0 unspecified atom stereocenters. The fourth-order valence-electron chi connectivity index (χ4n) is 3.49. The molecule has 0 bridgehead atoms. The molecule has 0 saturated carbocycles. The summed E-state index contributed by atoms with van der Waals surface area (Å²) in [6, 6.07) is 16.5. The zero-order valence-electron chi connectivity index (χ0n) is 14.4. The maximum Gasteiger partial charge on any atom is 0.269 e. The lowest BCUT2D eigenvalue weighted by Gasteiger charge is -2.28. The van der Waals surface area contributed by atoms with E-state index in [1.165, 1.54) is 0 Å². The van der Waals surface area contributed by atoms with Crippen LogP contribution in [0.4, 0.5) is 0 Å². The zero-order chi connectivity index (χ0) is 18.1. The van der Waals surface area contributed by atoms with E-state index in [0.29, 0.717) is 12.0 Å². The lowest BCUT2D eigenvalue weighted by Crippen LogP contribution is -2.53. The van der Waals surface area contributed by atoms with E-state index >= 15 is 0 Å². The fourth-order valence-corrected chi connectivity index (χ4v) is 3.49. The third-order valence-electron chi connectivity index (χ3n) is 4.79. The molecule has 1 aliphatic heterocycles. The third-order valence-corrected chi connectivity index (χ3v) is 4.79. The molecule has 2 amide bonds. The molecule has 1 aliphatic rings. The number of hydrogen-bond donors (Lipinski definition) is 4. The molecule has 3 aromatic rings. The number of benzene rings is 2. The van der Waals surface area contributed by atoms with Crippen molar-refractivity contribution in [2.45, 2.75) is 25.4 Å². The molecular weight excluding hydrogens is 328 g/mol. The van der Waals surface area contributed by atoms with Crippen LogP contribution in [0.2, 0.25) is 0 Å². The second-order valence-electron chi connectivity index (χ2n) is 6.52. The summed E-state index contributed by atoms with van der Waals surface area (Å²) < 4.78 is 0. The van der Waals surface area contributed by atoms with Crippen molar-refractivity contribution >= 4 is 22.7 Å². The first-order valence-electron chi connectivity index (χ1n) is 8.64. The second-order valence-corrected chi connectivity index (χ2v) is 6.52. The molecule has 0 saturated heterocycles. The Bertz CT molecular complexity index is 964. The SMILES string of the molecule is C[C@@H]1N[C@H](C(=O)NNC(=O)c2ccccc2)Cc2c1[nH]c1ccccc21. The average Bonchev–Trinajstić information content (AvgIpc) is 3.06. The Kier molecular flexibility index (Phi) is 4.18. The molecule has 0 radical (unpaired) electrons. The first kappa shape index (κ1) is 16.4. The Morgan fingerprint density at radius 1 is 1.00 bits per heavy atom. The van der Waals surface area contributed by atoms with E-state index in [-0.39, 0.29) is 17.9 Å². The lowest BCUT2D eigenvalue weighted by molar-refractivity contribution is -0.124. The summed E-state index contributed by atoms with van der Waals surface area (Å²) >= 11 is 0. The molecule has 1 aromatic heterocycles. The van der Waals surface area contributed by atoms with Gasteiger partial charge in [0.05, 0.1) is 6.04 Å². The van der Waals surface area contributed by atoms with Gasteiger partial charge in [0.2, 0.25) is 0 Å². The highest BCUT2D eigenvalue weighted by Gasteiger charge is 2.31. The predicted octanol–water partition coefficient (Wildman–Crippen LogP) is 2.20. The van der Waals surface area contributed by atoms with Crippen LogP contribution in [0.25, 0.3) is 10.9 Å². The van der Waals surface area contributed by atoms with Gasteiger partial charge in [0.25, 0.3) is 11.8 Å². The molecule has 6 nitrogen and oxygen atoms in total. The van der Waals surface area contributed by atoms with Crippen LogP contribution in [0, 0.1) is 0 Å². The van der Waals surface area contributed by atoms with Gasteiger partial charge in [-0.05, 0) is 37.1 Å². The molecule has 0 spiro atoms. The van der Waals surface area contributed by atoms with Crippen molar-refractivity contribution in [1.29, 1.82) is 0 Å². The van der Waals surface area contributed by atoms with Crippen molar-refractivity contribution in [2.24, 2.45) is 0 Å². The van der Waals surface area contributed by atoms with Crippen LogP contribution < -0.4 is 16.2 Å². The summed E-state index contributed by atoms with van der Waals surface area (Å²) in [6.45, 7) is 2.02. The minimum absolute atomic E-state index is 0.0201. The lowest BCUT2D eigenvalue weighted by atomic mass is 9.94. The van der Waals surface area contributed by atoms with Gasteiger partial charge >= 0.3 is 0 Å². The van der Waals surface area contributed by atoms with Crippen LogP contribution in [0.5, 0.6) is 0 Å². The van der Waals surface area contributed by atoms with E-state index < -0.39 is 6.04 Å². The summed E-state index contributed by atoms with van der Waals surface area (Å²) in [7, 11) is 0. The van der Waals surface area contributed by atoms with Gasteiger partial charge in [-0.3, -0.25) is 25.8 Å². The second kappa shape index (κ2) is 6.65. The normalized spacial score (nSPS) is 19.0. The molecule has 4 N–H and O–H groups in total. The largest absolute Gasteiger partial charge is 0.357 e. The van der Waals surface area contributed by atoms with Gasteiger partial charge in [-0.15, -0.1) is 0 Å². The van der Waals surface area contributed by atoms with Gasteiger partial charge in [-0.1, -0.05) is 36.4 Å². The number of carbonyl (C=O) groups excluding carboxylic acids is 2. The summed E-state index contributed by atoms with van der Waals surface area (Å²) in [5.74, 6) is -0.590. The zero-order valence-corrected chi connectivity index (χ0v) is 14.4. The van der Waals surface area contributed by atoms with Gasteiger partial charge in [-0.2, -0.15) is 0 Å². The Balaban J connectivity index is 1.47. The number of hydrogen-bond acceptors (Lipinski definition) is 3. The Morgan fingerprint density at radius 2 is 1.73 bits per heavy atom. The van der Waals surface area contributed by atoms with E-state index in [9.17, 15) is 9.59 Å². The van der Waals surface area contributed by atoms with Crippen molar-refractivity contribution in [2.75, 3.05) is 0 Å². The highest BCUT2D eigenvalue weighted by Crippen LogP contribution is 2.31. The smallest absolute Gasteiger partial charge is 0.269 e. The Labute approximate surface area is 151 Å². The van der Waals surface area contributed by atoms with Gasteiger partial charge in [0.15, 0.2) is 0 Å². The van der Waals surface area contributed by atoms with Crippen LogP contribution in [-0.2, 0) is 11.2 Å². The van der Waals surface area contributed by atoms with Gasteiger partial charge in [0, 0.05) is 28.2 Å². The summed E-state index contributed by atoms with van der Waals surface area (Å²) in [5, 5.41) is 4.44. The number of amides is 2. The van der Waals surface area contributed by atoms with Crippen LogP contribution in [-0.4, -0.2) is 22.8 Å². The molecule has 2 aromatic carbocycles. The van der Waals surface area contributed by atoms with Crippen molar-refractivity contribution in [1.82, 2.24) is 21.2 Å². The van der Waals surface area contributed by atoms with E-state index in [1.54, 1.807) is 24.3 Å². The van der Waals surface area contributed by atoms with E-state index in [0.717, 1.165) is 22.2 Å². The molecule has 132 valence electrons. The minimum atomic E-state index is -0.409. The monoisotopic (exact) mass is 348 g/mol. The summed E-state index contributed by atoms with van der Waals surface area (Å²) in [5.41, 5.74) is 8.85. The van der Waals surface area contributed by atoms with Gasteiger partial charge in [-0.25, -0.2) is 0 Å². The highest BCUT2D eigenvalue weighted by molar-refractivity contribution is 5.96. The molecule has 6 heteroatoms. The number of H-pyrrole nitrogens is 1. The first-order chi connectivity index (χ1) is 12.6. The molecule has 26 heavy (non-hydrogen) atoms. The quantitative estimate of drug-likeness (QED) is 0.536. The fraction of sp³-hybridized carbons (Fsp3) is 0.200. The van der Waals surface area contributed by atoms with Crippen LogP contribution in [0.15, 0.2) is 54.6 Å². The van der Waals surface area contributed by atoms with Crippen LogP contribution >= 0.6 is 0 Å². The van der Waals surface area contributed by atoms with Gasteiger partial charge in [0.1, 0.15) is 0 Å². The Hall–Kier alpha value is -3.12. The third kappa shape index (κ3) is 2.95. The summed E-state index contributed by atoms with van der Waals surface area (Å²) in [4.78, 5) is 28.1. The van der Waals surface area contributed by atoms with Crippen molar-refractivity contribution in [3.63, 3.8) is 0 Å². The maximum absolute atomic E-state index is 12.5. The van der Waals surface area contributed by atoms with E-state index in [1.807, 2.05) is 31.2 Å². The Morgan fingerprint density at radius 3 is 2.54 bits per heavy atom.